The lowest BCUT2D eigenvalue weighted by molar-refractivity contribution is 0.100. The third kappa shape index (κ3) is 5.27. The van der Waals surface area contributed by atoms with Crippen LogP contribution in [0.15, 0.2) is 24.5 Å². The number of hydrogen-bond donors (Lipinski definition) is 4. The fraction of sp³-hybridized carbons (Fsp3) is 0.353. The summed E-state index contributed by atoms with van der Waals surface area (Å²) in [5, 5.41) is 6.28. The molecule has 1 amide bonds. The summed E-state index contributed by atoms with van der Waals surface area (Å²) in [7, 11) is 0. The van der Waals surface area contributed by atoms with Gasteiger partial charge in [0.25, 0.3) is 5.91 Å². The highest BCUT2D eigenvalue weighted by molar-refractivity contribution is 6.30. The molecule has 0 saturated heterocycles. The van der Waals surface area contributed by atoms with E-state index < -0.39 is 11.7 Å². The minimum Gasteiger partial charge on any atom is -0.365 e. The molecule has 1 unspecified atom stereocenters. The molecule has 2 rings (SSSR count). The number of nitrogens with two attached hydrogens (primary N) is 2. The molecular formula is C17H22ClFN6O. The molecule has 9 heteroatoms. The molecule has 0 bridgehead atoms. The van der Waals surface area contributed by atoms with E-state index in [4.69, 9.17) is 23.1 Å². The van der Waals surface area contributed by atoms with Crippen molar-refractivity contribution in [1.29, 1.82) is 0 Å². The minimum absolute atomic E-state index is 0.0106. The maximum atomic E-state index is 14.4. The van der Waals surface area contributed by atoms with Gasteiger partial charge >= 0.3 is 0 Å². The van der Waals surface area contributed by atoms with Crippen molar-refractivity contribution in [2.45, 2.75) is 26.3 Å². The molecule has 0 radical (unpaired) electrons. The second kappa shape index (κ2) is 8.77. The molecule has 6 N–H and O–H groups in total. The van der Waals surface area contributed by atoms with Crippen LogP contribution in [0.25, 0.3) is 0 Å². The molecule has 0 aromatic carbocycles. The standard InChI is InChI=1S/C17H22ClFN6O/c1-9(2)3-11(6-20)23-17-14(19)5-13(15(21)26)16(25-17)24-12-4-10(18)7-22-8-12/h4-5,7-9,11H,3,6,20H2,1-2H3,(H2,21,26)(H2,23,24,25). The molecule has 0 fully saturated rings. The number of primary amides is 1. The smallest absolute Gasteiger partial charge is 0.252 e. The van der Waals surface area contributed by atoms with Crippen molar-refractivity contribution in [3.8, 4) is 0 Å². The fourth-order valence-corrected chi connectivity index (χ4v) is 2.64. The number of aromatic nitrogens is 2. The van der Waals surface area contributed by atoms with Crippen LogP contribution in [0.2, 0.25) is 5.02 Å². The van der Waals surface area contributed by atoms with Crippen molar-refractivity contribution in [3.05, 3.63) is 40.9 Å². The average molecular weight is 381 g/mol. The van der Waals surface area contributed by atoms with E-state index in [-0.39, 0.29) is 23.2 Å². The van der Waals surface area contributed by atoms with Crippen LogP contribution in [-0.2, 0) is 0 Å². The van der Waals surface area contributed by atoms with E-state index in [9.17, 15) is 9.18 Å². The van der Waals surface area contributed by atoms with E-state index in [1.54, 1.807) is 6.07 Å². The Balaban J connectivity index is 2.37. The first-order valence-corrected chi connectivity index (χ1v) is 8.52. The zero-order valence-electron chi connectivity index (χ0n) is 14.6. The maximum absolute atomic E-state index is 14.4. The summed E-state index contributed by atoms with van der Waals surface area (Å²) in [5.41, 5.74) is 11.5. The Morgan fingerprint density at radius 2 is 2.04 bits per heavy atom. The number of anilines is 3. The van der Waals surface area contributed by atoms with Crippen molar-refractivity contribution in [2.75, 3.05) is 17.2 Å². The molecule has 0 aliphatic carbocycles. The van der Waals surface area contributed by atoms with Gasteiger partial charge in [-0.05, 0) is 24.5 Å². The molecule has 140 valence electrons. The number of hydrogen-bond acceptors (Lipinski definition) is 6. The molecule has 0 spiro atoms. The SMILES string of the molecule is CC(C)CC(CN)Nc1nc(Nc2cncc(Cl)c2)c(C(N)=O)cc1F. The number of carbonyl (C=O) groups excluding carboxylic acids is 1. The summed E-state index contributed by atoms with van der Waals surface area (Å²) in [5.74, 6) is -1.03. The van der Waals surface area contributed by atoms with E-state index in [1.165, 1.54) is 12.4 Å². The van der Waals surface area contributed by atoms with Gasteiger partial charge in [0.15, 0.2) is 11.6 Å². The number of carbonyl (C=O) groups is 1. The summed E-state index contributed by atoms with van der Waals surface area (Å²) in [6, 6.07) is 2.48. The van der Waals surface area contributed by atoms with E-state index in [0.717, 1.165) is 12.5 Å². The molecule has 0 aliphatic heterocycles. The van der Waals surface area contributed by atoms with Crippen molar-refractivity contribution >= 4 is 34.8 Å². The van der Waals surface area contributed by atoms with Gasteiger partial charge in [0.05, 0.1) is 22.5 Å². The van der Waals surface area contributed by atoms with Gasteiger partial charge in [-0.25, -0.2) is 9.37 Å². The summed E-state index contributed by atoms with van der Waals surface area (Å²) in [6.45, 7) is 4.41. The van der Waals surface area contributed by atoms with Crippen LogP contribution in [0.3, 0.4) is 0 Å². The Kier molecular flexibility index (Phi) is 6.70. The molecule has 26 heavy (non-hydrogen) atoms. The lowest BCUT2D eigenvalue weighted by Gasteiger charge is -2.21. The summed E-state index contributed by atoms with van der Waals surface area (Å²) < 4.78 is 14.4. The monoisotopic (exact) mass is 380 g/mol. The van der Waals surface area contributed by atoms with Crippen LogP contribution in [0, 0.1) is 11.7 Å². The van der Waals surface area contributed by atoms with Gasteiger partial charge in [-0.2, -0.15) is 0 Å². The highest BCUT2D eigenvalue weighted by atomic mass is 35.5. The topological polar surface area (TPSA) is 119 Å². The molecule has 2 aromatic heterocycles. The molecule has 7 nitrogen and oxygen atoms in total. The zero-order chi connectivity index (χ0) is 19.3. The second-order valence-corrected chi connectivity index (χ2v) is 6.74. The van der Waals surface area contributed by atoms with Crippen LogP contribution < -0.4 is 22.1 Å². The predicted octanol–water partition coefficient (Wildman–Crippen LogP) is 2.90. The van der Waals surface area contributed by atoms with Crippen molar-refractivity contribution in [3.63, 3.8) is 0 Å². The zero-order valence-corrected chi connectivity index (χ0v) is 15.3. The normalized spacial score (nSPS) is 12.1. The molecule has 1 atom stereocenters. The van der Waals surface area contributed by atoms with Gasteiger partial charge in [0.1, 0.15) is 5.82 Å². The molecule has 0 aliphatic rings. The Morgan fingerprint density at radius 1 is 1.31 bits per heavy atom. The minimum atomic E-state index is -0.807. The van der Waals surface area contributed by atoms with Gasteiger partial charge < -0.3 is 22.1 Å². The summed E-state index contributed by atoms with van der Waals surface area (Å²) in [6.07, 6.45) is 3.71. The molecular weight excluding hydrogens is 359 g/mol. The van der Waals surface area contributed by atoms with Gasteiger partial charge in [-0.3, -0.25) is 9.78 Å². The maximum Gasteiger partial charge on any atom is 0.252 e. The largest absolute Gasteiger partial charge is 0.365 e. The predicted molar refractivity (Wildman–Crippen MR) is 101 cm³/mol. The lowest BCUT2D eigenvalue weighted by atomic mass is 10.0. The first-order valence-electron chi connectivity index (χ1n) is 8.14. The van der Waals surface area contributed by atoms with Crippen molar-refractivity contribution < 1.29 is 9.18 Å². The first kappa shape index (κ1) is 19.9. The molecule has 2 heterocycles. The molecule has 0 saturated carbocycles. The van der Waals surface area contributed by atoms with Gasteiger partial charge in [-0.15, -0.1) is 0 Å². The average Bonchev–Trinajstić information content (AvgIpc) is 2.56. The van der Waals surface area contributed by atoms with E-state index in [2.05, 4.69) is 20.6 Å². The highest BCUT2D eigenvalue weighted by Gasteiger charge is 2.18. The number of halogens is 2. The van der Waals surface area contributed by atoms with Crippen LogP contribution in [0.4, 0.5) is 21.7 Å². The van der Waals surface area contributed by atoms with Crippen LogP contribution in [0.1, 0.15) is 30.6 Å². The lowest BCUT2D eigenvalue weighted by Crippen LogP contribution is -2.31. The number of amides is 1. The summed E-state index contributed by atoms with van der Waals surface area (Å²) in [4.78, 5) is 19.8. The fourth-order valence-electron chi connectivity index (χ4n) is 2.47. The van der Waals surface area contributed by atoms with E-state index in [0.29, 0.717) is 23.2 Å². The van der Waals surface area contributed by atoms with Crippen molar-refractivity contribution in [1.82, 2.24) is 9.97 Å². The van der Waals surface area contributed by atoms with Crippen LogP contribution in [-0.4, -0.2) is 28.5 Å². The van der Waals surface area contributed by atoms with E-state index in [1.807, 2.05) is 13.8 Å². The van der Waals surface area contributed by atoms with Gasteiger partial charge in [0, 0.05) is 18.8 Å². The Bertz CT molecular complexity index is 786. The van der Waals surface area contributed by atoms with Crippen molar-refractivity contribution in [2.24, 2.45) is 17.4 Å². The van der Waals surface area contributed by atoms with Gasteiger partial charge in [-0.1, -0.05) is 25.4 Å². The Hall–Kier alpha value is -2.45. The van der Waals surface area contributed by atoms with Gasteiger partial charge in [0.2, 0.25) is 0 Å². The Morgan fingerprint density at radius 3 is 2.62 bits per heavy atom. The highest BCUT2D eigenvalue weighted by Crippen LogP contribution is 2.25. The third-order valence-electron chi connectivity index (χ3n) is 3.59. The summed E-state index contributed by atoms with van der Waals surface area (Å²) >= 11 is 5.91. The second-order valence-electron chi connectivity index (χ2n) is 6.30. The number of pyridine rings is 2. The van der Waals surface area contributed by atoms with E-state index >= 15 is 0 Å². The van der Waals surface area contributed by atoms with Crippen LogP contribution in [0.5, 0.6) is 0 Å². The number of nitrogens with one attached hydrogen (secondary N) is 2. The number of nitrogens with zero attached hydrogens (tertiary/aromatic N) is 2. The Labute approximate surface area is 156 Å². The van der Waals surface area contributed by atoms with Crippen LogP contribution >= 0.6 is 11.6 Å². The molecule has 2 aromatic rings. The number of rotatable bonds is 8. The first-order chi connectivity index (χ1) is 12.3. The third-order valence-corrected chi connectivity index (χ3v) is 3.80. The quantitative estimate of drug-likeness (QED) is 0.559.